The number of piperidine rings is 1. The van der Waals surface area contributed by atoms with E-state index in [1.807, 2.05) is 36.5 Å². The fraction of sp³-hybridized carbons (Fsp3) is 0.350. The van der Waals surface area contributed by atoms with E-state index >= 15 is 0 Å². The average molecular weight is 334 g/mol. The molecular weight excluding hydrogens is 312 g/mol. The van der Waals surface area contributed by atoms with Crippen LogP contribution in [-0.4, -0.2) is 33.1 Å². The first kappa shape index (κ1) is 16.0. The summed E-state index contributed by atoms with van der Waals surface area (Å²) in [5.41, 5.74) is 1.24. The number of fused-ring (bicyclic) bond motifs is 1. The van der Waals surface area contributed by atoms with Crippen molar-refractivity contribution >= 4 is 16.6 Å². The molecule has 0 spiro atoms. The van der Waals surface area contributed by atoms with Crippen molar-refractivity contribution in [1.82, 2.24) is 15.0 Å². The van der Waals surface area contributed by atoms with Gasteiger partial charge in [0.15, 0.2) is 0 Å². The molecule has 2 aromatic heterocycles. The van der Waals surface area contributed by atoms with Gasteiger partial charge in [0, 0.05) is 42.6 Å². The van der Waals surface area contributed by atoms with Gasteiger partial charge in [-0.05, 0) is 36.3 Å². The minimum atomic E-state index is -0.808. The van der Waals surface area contributed by atoms with Crippen molar-refractivity contribution < 1.29 is 5.11 Å². The molecule has 1 fully saturated rings. The van der Waals surface area contributed by atoms with Crippen LogP contribution in [0.25, 0.3) is 10.8 Å². The van der Waals surface area contributed by atoms with Crippen LogP contribution in [0.15, 0.2) is 49.1 Å². The lowest BCUT2D eigenvalue weighted by Crippen LogP contribution is -2.43. The Kier molecular flexibility index (Phi) is 4.09. The molecule has 0 bridgehead atoms. The Hall–Kier alpha value is -2.53. The SMILES string of the molecule is CCc1cc(N2CCC(O)(c3cccc4cnccc34)CC2)ncn1. The largest absolute Gasteiger partial charge is 0.385 e. The summed E-state index contributed by atoms with van der Waals surface area (Å²) in [7, 11) is 0. The molecule has 25 heavy (non-hydrogen) atoms. The maximum Gasteiger partial charge on any atom is 0.132 e. The van der Waals surface area contributed by atoms with Crippen LogP contribution in [0.5, 0.6) is 0 Å². The lowest BCUT2D eigenvalue weighted by Gasteiger charge is -2.39. The van der Waals surface area contributed by atoms with E-state index in [1.165, 1.54) is 0 Å². The number of pyridine rings is 1. The van der Waals surface area contributed by atoms with Gasteiger partial charge >= 0.3 is 0 Å². The Balaban J connectivity index is 1.59. The zero-order valence-electron chi connectivity index (χ0n) is 14.4. The summed E-state index contributed by atoms with van der Waals surface area (Å²) in [5, 5.41) is 13.5. The highest BCUT2D eigenvalue weighted by Gasteiger charge is 2.35. The maximum absolute atomic E-state index is 11.3. The minimum absolute atomic E-state index is 0.680. The first-order valence-corrected chi connectivity index (χ1v) is 8.81. The smallest absolute Gasteiger partial charge is 0.132 e. The molecule has 5 heteroatoms. The molecule has 0 atom stereocenters. The van der Waals surface area contributed by atoms with Gasteiger partial charge in [0.1, 0.15) is 12.1 Å². The second-order valence-corrected chi connectivity index (χ2v) is 6.64. The number of aryl methyl sites for hydroxylation is 1. The number of benzene rings is 1. The second kappa shape index (κ2) is 6.41. The highest BCUT2D eigenvalue weighted by atomic mass is 16.3. The molecule has 0 saturated carbocycles. The summed E-state index contributed by atoms with van der Waals surface area (Å²) >= 11 is 0. The summed E-state index contributed by atoms with van der Waals surface area (Å²) in [6.07, 6.45) is 7.53. The quantitative estimate of drug-likeness (QED) is 0.797. The van der Waals surface area contributed by atoms with Crippen molar-refractivity contribution in [3.05, 3.63) is 60.3 Å². The molecule has 0 aliphatic carbocycles. The first-order chi connectivity index (χ1) is 12.2. The maximum atomic E-state index is 11.3. The van der Waals surface area contributed by atoms with E-state index in [1.54, 1.807) is 12.5 Å². The molecule has 128 valence electrons. The van der Waals surface area contributed by atoms with Crippen LogP contribution in [0.2, 0.25) is 0 Å². The summed E-state index contributed by atoms with van der Waals surface area (Å²) in [5.74, 6) is 0.955. The van der Waals surface area contributed by atoms with Gasteiger partial charge in [-0.2, -0.15) is 0 Å². The summed E-state index contributed by atoms with van der Waals surface area (Å²) in [4.78, 5) is 15.1. The average Bonchev–Trinajstić information content (AvgIpc) is 2.68. The number of aliphatic hydroxyl groups is 1. The van der Waals surface area contributed by atoms with Gasteiger partial charge in [-0.15, -0.1) is 0 Å². The molecule has 1 aromatic carbocycles. The zero-order valence-corrected chi connectivity index (χ0v) is 14.4. The van der Waals surface area contributed by atoms with Gasteiger partial charge in [0.2, 0.25) is 0 Å². The van der Waals surface area contributed by atoms with Gasteiger partial charge in [-0.1, -0.05) is 25.1 Å². The molecule has 1 aliphatic heterocycles. The second-order valence-electron chi connectivity index (χ2n) is 6.64. The van der Waals surface area contributed by atoms with Crippen LogP contribution in [0.3, 0.4) is 0 Å². The number of aromatic nitrogens is 3. The van der Waals surface area contributed by atoms with Gasteiger partial charge < -0.3 is 10.0 Å². The van der Waals surface area contributed by atoms with Gasteiger partial charge in [-0.3, -0.25) is 4.98 Å². The summed E-state index contributed by atoms with van der Waals surface area (Å²) in [6, 6.07) is 10.1. The van der Waals surface area contributed by atoms with Crippen molar-refractivity contribution in [1.29, 1.82) is 0 Å². The van der Waals surface area contributed by atoms with Crippen LogP contribution >= 0.6 is 0 Å². The normalized spacial score (nSPS) is 17.0. The summed E-state index contributed by atoms with van der Waals surface area (Å²) < 4.78 is 0. The van der Waals surface area contributed by atoms with Crippen molar-refractivity contribution in [2.24, 2.45) is 0 Å². The van der Waals surface area contributed by atoms with Crippen molar-refractivity contribution in [2.45, 2.75) is 31.8 Å². The van der Waals surface area contributed by atoms with Gasteiger partial charge in [0.05, 0.1) is 5.60 Å². The van der Waals surface area contributed by atoms with Crippen LogP contribution in [0, 0.1) is 0 Å². The number of rotatable bonds is 3. The number of nitrogens with zero attached hydrogens (tertiary/aromatic N) is 4. The predicted octanol–water partition coefficient (Wildman–Crippen LogP) is 3.08. The predicted molar refractivity (Wildman–Crippen MR) is 98.5 cm³/mol. The molecule has 1 aliphatic rings. The van der Waals surface area contributed by atoms with E-state index in [-0.39, 0.29) is 0 Å². The Labute approximate surface area is 147 Å². The molecule has 3 heterocycles. The van der Waals surface area contributed by atoms with Crippen LogP contribution in [0.4, 0.5) is 5.82 Å². The fourth-order valence-electron chi connectivity index (χ4n) is 3.66. The van der Waals surface area contributed by atoms with E-state index in [0.717, 1.165) is 47.4 Å². The lowest BCUT2D eigenvalue weighted by molar-refractivity contribution is 0.0131. The fourth-order valence-corrected chi connectivity index (χ4v) is 3.66. The first-order valence-electron chi connectivity index (χ1n) is 8.81. The number of hydrogen-bond acceptors (Lipinski definition) is 5. The molecule has 1 N–H and O–H groups in total. The van der Waals surface area contributed by atoms with Crippen molar-refractivity contribution in [3.63, 3.8) is 0 Å². The molecule has 5 nitrogen and oxygen atoms in total. The molecule has 0 radical (unpaired) electrons. The Bertz CT molecular complexity index is 882. The van der Waals surface area contributed by atoms with E-state index in [9.17, 15) is 5.11 Å². The Morgan fingerprint density at radius 2 is 2.00 bits per heavy atom. The van der Waals surface area contributed by atoms with E-state index in [4.69, 9.17) is 0 Å². The number of anilines is 1. The van der Waals surface area contributed by atoms with E-state index < -0.39 is 5.60 Å². The molecule has 3 aromatic rings. The molecule has 0 amide bonds. The molecule has 1 saturated heterocycles. The highest BCUT2D eigenvalue weighted by molar-refractivity contribution is 5.85. The third-order valence-electron chi connectivity index (χ3n) is 5.17. The minimum Gasteiger partial charge on any atom is -0.385 e. The monoisotopic (exact) mass is 334 g/mol. The highest BCUT2D eigenvalue weighted by Crippen LogP contribution is 2.37. The van der Waals surface area contributed by atoms with Crippen LogP contribution < -0.4 is 4.90 Å². The van der Waals surface area contributed by atoms with E-state index in [2.05, 4.69) is 26.8 Å². The molecule has 4 rings (SSSR count). The van der Waals surface area contributed by atoms with Crippen molar-refractivity contribution in [3.8, 4) is 0 Å². The zero-order chi connectivity index (χ0) is 17.3. The Morgan fingerprint density at radius 3 is 2.80 bits per heavy atom. The number of hydrogen-bond donors (Lipinski definition) is 1. The van der Waals surface area contributed by atoms with Gasteiger partial charge in [-0.25, -0.2) is 9.97 Å². The van der Waals surface area contributed by atoms with Gasteiger partial charge in [0.25, 0.3) is 0 Å². The summed E-state index contributed by atoms with van der Waals surface area (Å²) in [6.45, 7) is 3.65. The van der Waals surface area contributed by atoms with Crippen LogP contribution in [-0.2, 0) is 12.0 Å². The third kappa shape index (κ3) is 2.96. The Morgan fingerprint density at radius 1 is 1.16 bits per heavy atom. The van der Waals surface area contributed by atoms with Crippen LogP contribution in [0.1, 0.15) is 31.0 Å². The molecule has 0 unspecified atom stereocenters. The van der Waals surface area contributed by atoms with Crippen molar-refractivity contribution in [2.75, 3.05) is 18.0 Å². The topological polar surface area (TPSA) is 62.1 Å². The molecular formula is C20H22N4O. The lowest BCUT2D eigenvalue weighted by atomic mass is 9.82. The van der Waals surface area contributed by atoms with E-state index in [0.29, 0.717) is 12.8 Å². The standard InChI is InChI=1S/C20H22N4O/c1-2-16-12-19(23-14-22-16)24-10-7-20(25,8-11-24)18-5-3-4-15-13-21-9-6-17(15)18/h3-6,9,12-14,25H,2,7-8,10-11H2,1H3. The third-order valence-corrected chi connectivity index (χ3v) is 5.17.